The smallest absolute Gasteiger partial charge is 0.404 e. The maximum absolute atomic E-state index is 15.2. The number of aromatic amines is 1. The number of nitrogen functional groups attached to an aromatic ring is 1. The fourth-order valence-corrected chi connectivity index (χ4v) is 12.1. The number of imidazole rings is 1. The van der Waals surface area contributed by atoms with Gasteiger partial charge < -0.3 is 142 Å². The van der Waals surface area contributed by atoms with Crippen molar-refractivity contribution in [2.24, 2.45) is 50.3 Å². The third kappa shape index (κ3) is 21.3. The first kappa shape index (κ1) is 79.0. The summed E-state index contributed by atoms with van der Waals surface area (Å²) in [5.41, 5.74) is 38.2. The summed E-state index contributed by atoms with van der Waals surface area (Å²) in [7, 11) is 0. The molecule has 544 valence electrons. The van der Waals surface area contributed by atoms with Gasteiger partial charge in [-0.05, 0) is 33.6 Å². The molecule has 0 bridgehead atoms. The number of hydrogen-bond donors (Lipinski definition) is 22. The third-order valence-corrected chi connectivity index (χ3v) is 17.7. The molecule has 6 heterocycles. The molecular formula is C55H86N20O21S2. The quantitative estimate of drug-likeness (QED) is 0.0146. The minimum absolute atomic E-state index is 0.00676. The molecule has 3 aromatic rings. The maximum atomic E-state index is 15.2. The van der Waals surface area contributed by atoms with Crippen LogP contribution in [0, 0.1) is 12.8 Å². The maximum Gasteiger partial charge on any atom is 0.404 e. The summed E-state index contributed by atoms with van der Waals surface area (Å²) in [5.74, 6) is -8.26. The standard InChI is InChI=1S/C55H86N20O21S2/c1-19-32(72-45(75-43(19)58)24(11-30(57)79)67-12-23(56)44(59)85)49(89)74-34(40(25-13-63-18-68-25)94-53-42(38(83)36(81)28(14-76)93-53)95-52-39(84)41(96-55(62)91)37(82)29(15-77)92-52)50(90)69-21(3)35(80)20(2)46(86)73-33(22(4)78)48(88)65-10-7-31-70-27(17-97-31)51-71-26(16-98-51)47(87)64-8-5-6-9-66-54(60)61/h13,16,18,20-24,27-29,33-42,52-53,67,76-78,80-84H,5-12,14-15,17,56H2,1-4H3,(H2,57,79)(H2,59,85)(H2,62,91)(H,63,68)(H,64,87)(H,65,88)(H,69,90)(H,73,86)(H,74,89)(H2,58,72,75)(H4,60,61,66). The number of thiazole rings is 1. The first-order valence-electron chi connectivity index (χ1n) is 30.6. The zero-order valence-corrected chi connectivity index (χ0v) is 55.1. The Kier molecular flexibility index (Phi) is 29.6. The van der Waals surface area contributed by atoms with Crippen LogP contribution < -0.4 is 72.0 Å². The molecule has 0 spiro atoms. The molecule has 6 rings (SSSR count). The molecule has 3 aromatic heterocycles. The number of aromatic nitrogens is 5. The van der Waals surface area contributed by atoms with Crippen LogP contribution in [0.25, 0.3) is 0 Å². The number of aliphatic hydroxyl groups is 8. The Labute approximate surface area is 566 Å². The molecule has 29 N–H and O–H groups in total. The lowest BCUT2D eigenvalue weighted by Gasteiger charge is -2.47. The van der Waals surface area contributed by atoms with Gasteiger partial charge in [0.15, 0.2) is 24.6 Å². The molecule has 20 unspecified atom stereocenters. The number of anilines is 1. The minimum Gasteiger partial charge on any atom is -0.441 e. The van der Waals surface area contributed by atoms with Crippen molar-refractivity contribution in [3.05, 3.63) is 51.4 Å². The average Bonchev–Trinajstić information content (AvgIpc) is 0.925. The van der Waals surface area contributed by atoms with Gasteiger partial charge in [-0.2, -0.15) is 0 Å². The van der Waals surface area contributed by atoms with Crippen molar-refractivity contribution in [1.82, 2.24) is 56.8 Å². The first-order chi connectivity index (χ1) is 46.3. The van der Waals surface area contributed by atoms with Gasteiger partial charge in [-0.1, -0.05) is 6.92 Å². The SMILES string of the molecule is Cc1c(N)nc(C(CC(N)=O)NCC(N)C(N)=O)nc1C(=O)NC(C(=O)NC(C)C(O)C(C)C(=O)NC(C(=O)NCCC1=NC(c2nc(C(=O)NCCCCN=C(N)N)cs2)CS1)C(C)O)C(OC1OC(CO)C(O)C(O)C1OC1OC(CO)C(O)C(OC(N)=O)C1O)c1cnc[nH]1. The number of amides is 8. The van der Waals surface area contributed by atoms with E-state index in [-0.39, 0.29) is 66.0 Å². The van der Waals surface area contributed by atoms with E-state index in [0.29, 0.717) is 41.7 Å². The number of hydrogen-bond acceptors (Lipinski definition) is 32. The van der Waals surface area contributed by atoms with Crippen LogP contribution in [0.1, 0.15) is 108 Å². The monoisotopic (exact) mass is 1430 g/mol. The van der Waals surface area contributed by atoms with Crippen LogP contribution >= 0.6 is 23.1 Å². The number of unbranched alkanes of at least 4 members (excludes halogenated alkanes) is 1. The van der Waals surface area contributed by atoms with Gasteiger partial charge >= 0.3 is 6.09 Å². The number of thioether (sulfide) groups is 1. The van der Waals surface area contributed by atoms with Crippen LogP contribution in [0.5, 0.6) is 0 Å². The average molecular weight is 1430 g/mol. The molecule has 0 saturated carbocycles. The highest BCUT2D eigenvalue weighted by Gasteiger charge is 2.54. The summed E-state index contributed by atoms with van der Waals surface area (Å²) in [6.45, 7) is 3.47. The van der Waals surface area contributed by atoms with Crippen molar-refractivity contribution in [3.8, 4) is 0 Å². The zero-order valence-electron chi connectivity index (χ0n) is 53.5. The summed E-state index contributed by atoms with van der Waals surface area (Å²) in [6.07, 6.45) is -23.8. The fourth-order valence-electron chi connectivity index (χ4n) is 10.1. The number of carbonyl (C=O) groups excluding carboxylic acids is 8. The van der Waals surface area contributed by atoms with Crippen LogP contribution in [0.3, 0.4) is 0 Å². The van der Waals surface area contributed by atoms with Crippen molar-refractivity contribution in [3.63, 3.8) is 0 Å². The summed E-state index contributed by atoms with van der Waals surface area (Å²) >= 11 is 2.69. The highest BCUT2D eigenvalue weighted by Crippen LogP contribution is 2.36. The predicted octanol–water partition coefficient (Wildman–Crippen LogP) is -9.01. The second-order valence-corrected chi connectivity index (χ2v) is 25.0. The molecular weight excluding hydrogens is 1340 g/mol. The number of H-pyrrole nitrogens is 1. The van der Waals surface area contributed by atoms with Gasteiger partial charge in [0.1, 0.15) is 95.0 Å². The van der Waals surface area contributed by atoms with Crippen molar-refractivity contribution in [1.29, 1.82) is 0 Å². The molecule has 2 fully saturated rings. The molecule has 41 nitrogen and oxygen atoms in total. The molecule has 3 aliphatic heterocycles. The van der Waals surface area contributed by atoms with Crippen molar-refractivity contribution >= 4 is 87.4 Å². The molecule has 3 aliphatic rings. The normalized spacial score (nSPS) is 25.1. The topological polar surface area (TPSA) is 691 Å². The largest absolute Gasteiger partial charge is 0.441 e. The number of nitrogens with one attached hydrogen (secondary N) is 7. The Balaban J connectivity index is 1.24. The zero-order chi connectivity index (χ0) is 72.4. The minimum atomic E-state index is -2.20. The molecule has 8 amide bonds. The van der Waals surface area contributed by atoms with Crippen LogP contribution in [-0.2, 0) is 47.7 Å². The number of aliphatic hydroxyl groups excluding tert-OH is 8. The van der Waals surface area contributed by atoms with Crippen molar-refractivity contribution in [2.75, 3.05) is 50.9 Å². The van der Waals surface area contributed by atoms with Crippen LogP contribution in [-0.4, -0.2) is 267 Å². The van der Waals surface area contributed by atoms with E-state index in [9.17, 15) is 74.4 Å². The van der Waals surface area contributed by atoms with E-state index >= 15 is 4.79 Å². The van der Waals surface area contributed by atoms with Crippen molar-refractivity contribution < 1.29 is 103 Å². The first-order valence-corrected chi connectivity index (χ1v) is 32.5. The lowest BCUT2D eigenvalue weighted by atomic mass is 9.96. The predicted molar refractivity (Wildman–Crippen MR) is 342 cm³/mol. The Bertz CT molecular complexity index is 3280. The molecule has 0 aliphatic carbocycles. The van der Waals surface area contributed by atoms with Gasteiger partial charge in [0.05, 0.1) is 72.7 Å². The van der Waals surface area contributed by atoms with Gasteiger partial charge in [-0.3, -0.25) is 43.5 Å². The molecule has 43 heteroatoms. The number of primary amides is 3. The van der Waals surface area contributed by atoms with Crippen molar-refractivity contribution in [2.45, 2.75) is 169 Å². The van der Waals surface area contributed by atoms with Crippen LogP contribution in [0.4, 0.5) is 10.6 Å². The fraction of sp³-hybridized carbons (Fsp3) is 0.636. The van der Waals surface area contributed by atoms with Gasteiger partial charge in [0, 0.05) is 55.7 Å². The molecule has 0 aromatic carbocycles. The van der Waals surface area contributed by atoms with Crippen LogP contribution in [0.2, 0.25) is 0 Å². The number of guanidine groups is 1. The lowest BCUT2D eigenvalue weighted by molar-refractivity contribution is -0.372. The van der Waals surface area contributed by atoms with Crippen LogP contribution in [0.15, 0.2) is 27.9 Å². The van der Waals surface area contributed by atoms with E-state index in [2.05, 4.69) is 61.8 Å². The highest BCUT2D eigenvalue weighted by molar-refractivity contribution is 8.14. The van der Waals surface area contributed by atoms with E-state index < -0.39 is 183 Å². The summed E-state index contributed by atoms with van der Waals surface area (Å²) in [6, 6.07) is -8.23. The molecule has 98 heavy (non-hydrogen) atoms. The number of ether oxygens (including phenoxy) is 5. The number of nitrogens with zero attached hydrogens (tertiary/aromatic N) is 6. The van der Waals surface area contributed by atoms with E-state index in [1.807, 2.05) is 0 Å². The Morgan fingerprint density at radius 3 is 2.13 bits per heavy atom. The third-order valence-electron chi connectivity index (χ3n) is 15.7. The number of carbonyl (C=O) groups is 8. The van der Waals surface area contributed by atoms with Gasteiger partial charge in [-0.15, -0.1) is 23.1 Å². The second-order valence-electron chi connectivity index (χ2n) is 23.0. The summed E-state index contributed by atoms with van der Waals surface area (Å²) in [4.78, 5) is 135. The summed E-state index contributed by atoms with van der Waals surface area (Å²) in [5, 5.41) is 107. The molecule has 2 saturated heterocycles. The Morgan fingerprint density at radius 2 is 1.50 bits per heavy atom. The van der Waals surface area contributed by atoms with E-state index in [1.165, 1.54) is 50.8 Å². The Morgan fingerprint density at radius 1 is 0.806 bits per heavy atom. The number of rotatable bonds is 36. The van der Waals surface area contributed by atoms with Gasteiger partial charge in [0.2, 0.25) is 29.5 Å². The molecule has 20 atom stereocenters. The Hall–Kier alpha value is -7.99. The van der Waals surface area contributed by atoms with E-state index in [1.54, 1.807) is 5.38 Å². The molecule has 0 radical (unpaired) electrons. The van der Waals surface area contributed by atoms with Gasteiger partial charge in [0.25, 0.3) is 11.8 Å². The summed E-state index contributed by atoms with van der Waals surface area (Å²) < 4.78 is 28.7. The van der Waals surface area contributed by atoms with E-state index in [0.717, 1.165) is 12.5 Å². The van der Waals surface area contributed by atoms with Gasteiger partial charge in [-0.25, -0.2) is 24.7 Å². The second kappa shape index (κ2) is 36.7. The number of nitrogens with two attached hydrogens (primary N) is 7. The highest BCUT2D eigenvalue weighted by atomic mass is 32.2. The number of aliphatic imine (C=N–C) groups is 2. The lowest BCUT2D eigenvalue weighted by Crippen LogP contribution is -2.65. The van der Waals surface area contributed by atoms with E-state index in [4.69, 9.17) is 68.8 Å².